The molecule has 0 bridgehead atoms. The Bertz CT molecular complexity index is 664. The van der Waals surface area contributed by atoms with Crippen molar-refractivity contribution in [3.63, 3.8) is 0 Å². The third-order valence-corrected chi connectivity index (χ3v) is 3.06. The number of nitrogen functional groups attached to an aromatic ring is 1. The van der Waals surface area contributed by atoms with Crippen LogP contribution in [0.25, 0.3) is 10.9 Å². The number of nitrogens with zero attached hydrogens (tertiary/aromatic N) is 2. The van der Waals surface area contributed by atoms with Gasteiger partial charge in [0.25, 0.3) is 5.91 Å². The Hall–Kier alpha value is -2.18. The van der Waals surface area contributed by atoms with Crippen molar-refractivity contribution in [2.45, 2.75) is 19.4 Å². The first-order valence-electron chi connectivity index (χ1n) is 6.66. The van der Waals surface area contributed by atoms with Crippen molar-refractivity contribution in [2.75, 3.05) is 19.0 Å². The third kappa shape index (κ3) is 3.48. The van der Waals surface area contributed by atoms with Crippen LogP contribution in [-0.4, -0.2) is 40.1 Å². The van der Waals surface area contributed by atoms with Crippen LogP contribution in [0.2, 0.25) is 0 Å². The fourth-order valence-corrected chi connectivity index (χ4v) is 2.25. The average molecular weight is 288 g/mol. The molecule has 0 atom stereocenters. The predicted molar refractivity (Wildman–Crippen MR) is 82.8 cm³/mol. The molecule has 4 N–H and O–H groups in total. The highest BCUT2D eigenvalue weighted by Crippen LogP contribution is 2.23. The number of carbonyl (C=O) groups excluding carboxylic acids is 1. The summed E-state index contributed by atoms with van der Waals surface area (Å²) < 4.78 is 0. The van der Waals surface area contributed by atoms with Gasteiger partial charge in [0.15, 0.2) is 0 Å². The minimum Gasteiger partial charge on any atom is -0.389 e. The lowest BCUT2D eigenvalue weighted by atomic mass is 10.1. The molecule has 1 amide bonds. The zero-order chi connectivity index (χ0) is 15.6. The minimum atomic E-state index is -0.962. The third-order valence-electron chi connectivity index (χ3n) is 3.06. The Balaban J connectivity index is 2.40. The summed E-state index contributed by atoms with van der Waals surface area (Å²) >= 11 is 0. The van der Waals surface area contributed by atoms with E-state index in [1.807, 2.05) is 24.3 Å². The highest BCUT2D eigenvalue weighted by molar-refractivity contribution is 5.99. The number of hydrazine groups is 1. The van der Waals surface area contributed by atoms with Crippen LogP contribution < -0.4 is 11.3 Å². The summed E-state index contributed by atoms with van der Waals surface area (Å²) in [6, 6.07) is 9.05. The van der Waals surface area contributed by atoms with Gasteiger partial charge in [0.2, 0.25) is 0 Å². The SMILES string of the molecule is CN(CC(C)(C)O)C(=O)c1cc(NN)c2ccccc2n1. The van der Waals surface area contributed by atoms with E-state index in [1.54, 1.807) is 27.0 Å². The van der Waals surface area contributed by atoms with Crippen molar-refractivity contribution >= 4 is 22.5 Å². The number of likely N-dealkylation sites (N-methyl/N-ethyl adjacent to an activating group) is 1. The number of amides is 1. The van der Waals surface area contributed by atoms with E-state index in [1.165, 1.54) is 4.90 Å². The summed E-state index contributed by atoms with van der Waals surface area (Å²) in [7, 11) is 1.63. The number of para-hydroxylation sites is 1. The van der Waals surface area contributed by atoms with Gasteiger partial charge in [-0.2, -0.15) is 0 Å². The van der Waals surface area contributed by atoms with Crippen molar-refractivity contribution in [1.29, 1.82) is 0 Å². The molecule has 6 heteroatoms. The second-order valence-corrected chi connectivity index (χ2v) is 5.69. The lowest BCUT2D eigenvalue weighted by Crippen LogP contribution is -2.40. The number of pyridine rings is 1. The van der Waals surface area contributed by atoms with E-state index in [2.05, 4.69) is 10.4 Å². The maximum absolute atomic E-state index is 12.4. The number of rotatable bonds is 4. The van der Waals surface area contributed by atoms with Gasteiger partial charge >= 0.3 is 0 Å². The van der Waals surface area contributed by atoms with Crippen molar-refractivity contribution < 1.29 is 9.90 Å². The number of anilines is 1. The number of hydrogen-bond acceptors (Lipinski definition) is 5. The van der Waals surface area contributed by atoms with E-state index in [9.17, 15) is 9.90 Å². The molecule has 0 radical (unpaired) electrons. The van der Waals surface area contributed by atoms with Crippen LogP contribution in [0.3, 0.4) is 0 Å². The van der Waals surface area contributed by atoms with E-state index < -0.39 is 5.60 Å². The number of aromatic nitrogens is 1. The Morgan fingerprint density at radius 3 is 2.71 bits per heavy atom. The fourth-order valence-electron chi connectivity index (χ4n) is 2.25. The molecule has 0 fully saturated rings. The first-order chi connectivity index (χ1) is 9.81. The lowest BCUT2D eigenvalue weighted by molar-refractivity contribution is 0.0365. The Morgan fingerprint density at radius 2 is 2.10 bits per heavy atom. The molecule has 21 heavy (non-hydrogen) atoms. The average Bonchev–Trinajstić information content (AvgIpc) is 2.43. The molecule has 1 heterocycles. The largest absolute Gasteiger partial charge is 0.389 e. The second-order valence-electron chi connectivity index (χ2n) is 5.69. The van der Waals surface area contributed by atoms with Gasteiger partial charge < -0.3 is 15.4 Å². The van der Waals surface area contributed by atoms with E-state index >= 15 is 0 Å². The van der Waals surface area contributed by atoms with Gasteiger partial charge in [0.1, 0.15) is 5.69 Å². The van der Waals surface area contributed by atoms with E-state index in [-0.39, 0.29) is 18.1 Å². The number of fused-ring (bicyclic) bond motifs is 1. The number of hydrogen-bond donors (Lipinski definition) is 3. The molecule has 0 aliphatic rings. The molecule has 0 saturated carbocycles. The van der Waals surface area contributed by atoms with Gasteiger partial charge in [-0.25, -0.2) is 4.98 Å². The molecule has 6 nitrogen and oxygen atoms in total. The molecule has 0 unspecified atom stereocenters. The number of nitrogens with one attached hydrogen (secondary N) is 1. The molecular weight excluding hydrogens is 268 g/mol. The molecule has 2 aromatic rings. The van der Waals surface area contributed by atoms with Gasteiger partial charge in [0, 0.05) is 19.0 Å². The monoisotopic (exact) mass is 288 g/mol. The van der Waals surface area contributed by atoms with Gasteiger partial charge in [0.05, 0.1) is 16.8 Å². The quantitative estimate of drug-likeness (QED) is 0.583. The van der Waals surface area contributed by atoms with Crippen LogP contribution in [0.4, 0.5) is 5.69 Å². The van der Waals surface area contributed by atoms with Crippen molar-refractivity contribution in [3.05, 3.63) is 36.0 Å². The van der Waals surface area contributed by atoms with Crippen LogP contribution in [-0.2, 0) is 0 Å². The molecule has 1 aromatic carbocycles. The Kier molecular flexibility index (Phi) is 4.11. The van der Waals surface area contributed by atoms with Gasteiger partial charge in [-0.15, -0.1) is 0 Å². The Labute approximate surface area is 123 Å². The van der Waals surface area contributed by atoms with Crippen molar-refractivity contribution in [3.8, 4) is 0 Å². The molecule has 1 aromatic heterocycles. The van der Waals surface area contributed by atoms with E-state index in [0.717, 1.165) is 5.39 Å². The number of carbonyl (C=O) groups is 1. The van der Waals surface area contributed by atoms with Crippen molar-refractivity contribution in [2.24, 2.45) is 5.84 Å². The number of aliphatic hydroxyl groups is 1. The number of benzene rings is 1. The fraction of sp³-hybridized carbons (Fsp3) is 0.333. The highest BCUT2D eigenvalue weighted by atomic mass is 16.3. The first-order valence-corrected chi connectivity index (χ1v) is 6.66. The molecule has 0 aliphatic carbocycles. The maximum Gasteiger partial charge on any atom is 0.272 e. The van der Waals surface area contributed by atoms with Crippen LogP contribution >= 0.6 is 0 Å². The highest BCUT2D eigenvalue weighted by Gasteiger charge is 2.22. The normalized spacial score (nSPS) is 11.5. The van der Waals surface area contributed by atoms with E-state index in [4.69, 9.17) is 5.84 Å². The number of nitrogens with two attached hydrogens (primary N) is 1. The summed E-state index contributed by atoms with van der Waals surface area (Å²) in [5.74, 6) is 5.26. The summed E-state index contributed by atoms with van der Waals surface area (Å²) in [5.41, 5.74) is 3.24. The standard InChI is InChI=1S/C15H20N4O2/c1-15(2,21)9-19(3)14(20)13-8-12(18-16)10-6-4-5-7-11(10)17-13/h4-8,21H,9,16H2,1-3H3,(H,17,18). The summed E-state index contributed by atoms with van der Waals surface area (Å²) in [6.07, 6.45) is 0. The summed E-state index contributed by atoms with van der Waals surface area (Å²) in [4.78, 5) is 18.2. The Morgan fingerprint density at radius 1 is 1.43 bits per heavy atom. The molecule has 0 spiro atoms. The molecule has 0 aliphatic heterocycles. The lowest BCUT2D eigenvalue weighted by Gasteiger charge is -2.25. The maximum atomic E-state index is 12.4. The smallest absolute Gasteiger partial charge is 0.272 e. The van der Waals surface area contributed by atoms with Crippen LogP contribution in [0.1, 0.15) is 24.3 Å². The summed E-state index contributed by atoms with van der Waals surface area (Å²) in [5, 5.41) is 10.7. The van der Waals surface area contributed by atoms with Crippen molar-refractivity contribution in [1.82, 2.24) is 9.88 Å². The molecule has 0 saturated heterocycles. The molecule has 2 rings (SSSR count). The zero-order valence-electron chi connectivity index (χ0n) is 12.4. The van der Waals surface area contributed by atoms with Crippen LogP contribution in [0, 0.1) is 0 Å². The topological polar surface area (TPSA) is 91.5 Å². The molecular formula is C15H20N4O2. The first kappa shape index (κ1) is 15.2. The van der Waals surface area contributed by atoms with Crippen LogP contribution in [0.5, 0.6) is 0 Å². The molecule has 112 valence electrons. The van der Waals surface area contributed by atoms with E-state index in [0.29, 0.717) is 11.2 Å². The van der Waals surface area contributed by atoms with Gasteiger partial charge in [-0.05, 0) is 26.0 Å². The second kappa shape index (κ2) is 5.67. The van der Waals surface area contributed by atoms with Gasteiger partial charge in [-0.1, -0.05) is 18.2 Å². The zero-order valence-corrected chi connectivity index (χ0v) is 12.4. The van der Waals surface area contributed by atoms with Gasteiger partial charge in [-0.3, -0.25) is 10.6 Å². The summed E-state index contributed by atoms with van der Waals surface area (Å²) in [6.45, 7) is 3.51. The van der Waals surface area contributed by atoms with Crippen LogP contribution in [0.15, 0.2) is 30.3 Å². The minimum absolute atomic E-state index is 0.214. The predicted octanol–water partition coefficient (Wildman–Crippen LogP) is 1.36.